The molecule has 0 aliphatic carbocycles. The predicted octanol–water partition coefficient (Wildman–Crippen LogP) is 2.41. The smallest absolute Gasteiger partial charge is 0.319 e. The van der Waals surface area contributed by atoms with Crippen molar-refractivity contribution in [3.8, 4) is 0 Å². The van der Waals surface area contributed by atoms with E-state index < -0.39 is 22.1 Å². The molecule has 10 heteroatoms. The molecular formula is C23H31N5O4S. The van der Waals surface area contributed by atoms with Crippen LogP contribution in [0.5, 0.6) is 0 Å². The van der Waals surface area contributed by atoms with Crippen LogP contribution in [0.2, 0.25) is 0 Å². The SMILES string of the molecule is CC(C)C(NC(=O)Nc1ccccc1)C(=O)Nc1ccc(S(=O)(=O)N2CCN(C)CC2)cc1. The van der Waals surface area contributed by atoms with Crippen molar-refractivity contribution in [3.05, 3.63) is 54.6 Å². The highest BCUT2D eigenvalue weighted by molar-refractivity contribution is 7.89. The number of sulfonamides is 1. The minimum absolute atomic E-state index is 0.164. The number of rotatable bonds is 7. The lowest BCUT2D eigenvalue weighted by Gasteiger charge is -2.31. The quantitative estimate of drug-likeness (QED) is 0.572. The van der Waals surface area contributed by atoms with Gasteiger partial charge in [-0.25, -0.2) is 13.2 Å². The molecule has 178 valence electrons. The first kappa shape index (κ1) is 24.7. The second-order valence-electron chi connectivity index (χ2n) is 8.41. The van der Waals surface area contributed by atoms with Gasteiger partial charge in [0.05, 0.1) is 4.90 Å². The lowest BCUT2D eigenvalue weighted by Crippen LogP contribution is -2.48. The number of nitrogens with zero attached hydrogens (tertiary/aromatic N) is 2. The second-order valence-corrected chi connectivity index (χ2v) is 10.3. The van der Waals surface area contributed by atoms with Gasteiger partial charge in [-0.05, 0) is 49.4 Å². The van der Waals surface area contributed by atoms with Crippen LogP contribution in [0.1, 0.15) is 13.8 Å². The highest BCUT2D eigenvalue weighted by Gasteiger charge is 2.28. The molecule has 33 heavy (non-hydrogen) atoms. The highest BCUT2D eigenvalue weighted by Crippen LogP contribution is 2.20. The summed E-state index contributed by atoms with van der Waals surface area (Å²) in [7, 11) is -1.61. The van der Waals surface area contributed by atoms with Crippen LogP contribution < -0.4 is 16.0 Å². The van der Waals surface area contributed by atoms with E-state index in [1.807, 2.05) is 27.0 Å². The van der Waals surface area contributed by atoms with Gasteiger partial charge in [-0.15, -0.1) is 0 Å². The molecule has 1 saturated heterocycles. The lowest BCUT2D eigenvalue weighted by atomic mass is 10.0. The number of likely N-dealkylation sites (N-methyl/N-ethyl adjacent to an activating group) is 1. The number of piperazine rings is 1. The van der Waals surface area contributed by atoms with Gasteiger partial charge in [0.2, 0.25) is 15.9 Å². The van der Waals surface area contributed by atoms with E-state index in [0.29, 0.717) is 37.6 Å². The molecule has 2 aromatic carbocycles. The van der Waals surface area contributed by atoms with Gasteiger partial charge in [0.15, 0.2) is 0 Å². The maximum Gasteiger partial charge on any atom is 0.319 e. The number of nitrogens with one attached hydrogen (secondary N) is 3. The summed E-state index contributed by atoms with van der Waals surface area (Å²) >= 11 is 0. The Hall–Kier alpha value is -2.95. The summed E-state index contributed by atoms with van der Waals surface area (Å²) in [5.74, 6) is -0.550. The maximum atomic E-state index is 12.9. The molecule has 1 unspecified atom stereocenters. The molecule has 1 heterocycles. The summed E-state index contributed by atoms with van der Waals surface area (Å²) in [6.45, 7) is 5.94. The van der Waals surface area contributed by atoms with Gasteiger partial charge in [0, 0.05) is 37.6 Å². The van der Waals surface area contributed by atoms with Crippen LogP contribution in [0.15, 0.2) is 59.5 Å². The summed E-state index contributed by atoms with van der Waals surface area (Å²) in [6.07, 6.45) is 0. The third kappa shape index (κ3) is 6.53. The first-order valence-electron chi connectivity index (χ1n) is 10.9. The molecule has 9 nitrogen and oxygen atoms in total. The van der Waals surface area contributed by atoms with E-state index in [-0.39, 0.29) is 16.7 Å². The minimum atomic E-state index is -3.58. The van der Waals surface area contributed by atoms with Crippen LogP contribution in [0.3, 0.4) is 0 Å². The maximum absolute atomic E-state index is 12.9. The zero-order valence-corrected chi connectivity index (χ0v) is 19.9. The molecule has 0 saturated carbocycles. The Morgan fingerprint density at radius 1 is 0.848 bits per heavy atom. The molecule has 1 aliphatic heterocycles. The molecule has 1 fully saturated rings. The number of hydrogen-bond acceptors (Lipinski definition) is 5. The zero-order valence-electron chi connectivity index (χ0n) is 19.1. The molecule has 0 aromatic heterocycles. The van der Waals surface area contributed by atoms with Crippen LogP contribution in [0.25, 0.3) is 0 Å². The van der Waals surface area contributed by atoms with Gasteiger partial charge < -0.3 is 20.9 Å². The monoisotopic (exact) mass is 473 g/mol. The standard InChI is InChI=1S/C23H31N5O4S/c1-17(2)21(26-23(30)25-18-7-5-4-6-8-18)22(29)24-19-9-11-20(12-10-19)33(31,32)28-15-13-27(3)14-16-28/h4-12,17,21H,13-16H2,1-3H3,(H,24,29)(H2,25,26,30). The predicted molar refractivity (Wildman–Crippen MR) is 129 cm³/mol. The van der Waals surface area contributed by atoms with Gasteiger partial charge in [-0.1, -0.05) is 32.0 Å². The van der Waals surface area contributed by atoms with Crippen molar-refractivity contribution < 1.29 is 18.0 Å². The van der Waals surface area contributed by atoms with Crippen molar-refractivity contribution in [1.82, 2.24) is 14.5 Å². The number of carbonyl (C=O) groups is 2. The Bertz CT molecular complexity index is 1050. The third-order valence-electron chi connectivity index (χ3n) is 5.49. The van der Waals surface area contributed by atoms with Crippen molar-refractivity contribution >= 4 is 33.3 Å². The number of hydrogen-bond donors (Lipinski definition) is 3. The van der Waals surface area contributed by atoms with E-state index in [1.165, 1.54) is 16.4 Å². The van der Waals surface area contributed by atoms with E-state index in [9.17, 15) is 18.0 Å². The summed E-state index contributed by atoms with van der Waals surface area (Å²) in [4.78, 5) is 27.4. The summed E-state index contributed by atoms with van der Waals surface area (Å²) < 4.78 is 27.2. The molecule has 0 bridgehead atoms. The first-order valence-corrected chi connectivity index (χ1v) is 12.3. The van der Waals surface area contributed by atoms with Crippen molar-refractivity contribution in [2.24, 2.45) is 5.92 Å². The van der Waals surface area contributed by atoms with E-state index in [2.05, 4.69) is 20.9 Å². The van der Waals surface area contributed by atoms with Crippen molar-refractivity contribution in [1.29, 1.82) is 0 Å². The Morgan fingerprint density at radius 3 is 2.00 bits per heavy atom. The van der Waals surface area contributed by atoms with Crippen molar-refractivity contribution in [2.45, 2.75) is 24.8 Å². The number of carbonyl (C=O) groups excluding carboxylic acids is 2. The average Bonchev–Trinajstić information content (AvgIpc) is 2.78. The molecule has 1 aliphatic rings. The second kappa shape index (κ2) is 10.8. The molecule has 3 rings (SSSR count). The first-order chi connectivity index (χ1) is 15.7. The van der Waals surface area contributed by atoms with Gasteiger partial charge in [0.25, 0.3) is 0 Å². The Labute approximate surface area is 195 Å². The Kier molecular flexibility index (Phi) is 8.06. The molecular weight excluding hydrogens is 442 g/mol. The average molecular weight is 474 g/mol. The summed E-state index contributed by atoms with van der Waals surface area (Å²) in [5, 5.41) is 8.16. The molecule has 3 amide bonds. The van der Waals surface area contributed by atoms with Crippen molar-refractivity contribution in [3.63, 3.8) is 0 Å². The summed E-state index contributed by atoms with van der Waals surface area (Å²) in [5.41, 5.74) is 1.07. The lowest BCUT2D eigenvalue weighted by molar-refractivity contribution is -0.118. The third-order valence-corrected chi connectivity index (χ3v) is 7.40. The molecule has 1 atom stereocenters. The van der Waals surface area contributed by atoms with E-state index in [1.54, 1.807) is 36.4 Å². The molecule has 0 radical (unpaired) electrons. The zero-order chi connectivity index (χ0) is 24.0. The van der Waals surface area contributed by atoms with E-state index in [0.717, 1.165) is 0 Å². The molecule has 0 spiro atoms. The number of para-hydroxylation sites is 1. The largest absolute Gasteiger partial charge is 0.326 e. The van der Waals surface area contributed by atoms with Crippen LogP contribution in [0.4, 0.5) is 16.2 Å². The van der Waals surface area contributed by atoms with Crippen LogP contribution in [-0.4, -0.2) is 68.8 Å². The topological polar surface area (TPSA) is 111 Å². The van der Waals surface area contributed by atoms with E-state index in [4.69, 9.17) is 0 Å². The number of benzene rings is 2. The highest BCUT2D eigenvalue weighted by atomic mass is 32.2. The number of anilines is 2. The fraction of sp³-hybridized carbons (Fsp3) is 0.391. The van der Waals surface area contributed by atoms with Crippen LogP contribution in [-0.2, 0) is 14.8 Å². The van der Waals surface area contributed by atoms with Gasteiger partial charge >= 0.3 is 6.03 Å². The number of urea groups is 1. The van der Waals surface area contributed by atoms with E-state index >= 15 is 0 Å². The number of amides is 3. The van der Waals surface area contributed by atoms with Crippen molar-refractivity contribution in [2.75, 3.05) is 43.9 Å². The van der Waals surface area contributed by atoms with Crippen LogP contribution >= 0.6 is 0 Å². The summed E-state index contributed by atoms with van der Waals surface area (Å²) in [6, 6.07) is 13.8. The van der Waals surface area contributed by atoms with Gasteiger partial charge in [-0.3, -0.25) is 4.79 Å². The Balaban J connectivity index is 1.62. The normalized spacial score (nSPS) is 16.2. The Morgan fingerprint density at radius 2 is 1.42 bits per heavy atom. The van der Waals surface area contributed by atoms with Gasteiger partial charge in [0.1, 0.15) is 6.04 Å². The fourth-order valence-corrected chi connectivity index (χ4v) is 4.89. The molecule has 3 N–H and O–H groups in total. The minimum Gasteiger partial charge on any atom is -0.326 e. The molecule has 2 aromatic rings. The fourth-order valence-electron chi connectivity index (χ4n) is 3.47. The van der Waals surface area contributed by atoms with Gasteiger partial charge in [-0.2, -0.15) is 4.31 Å². The van der Waals surface area contributed by atoms with Crippen LogP contribution in [0, 0.1) is 5.92 Å².